The van der Waals surface area contributed by atoms with Crippen molar-refractivity contribution < 1.29 is 13.2 Å². The molecule has 2 N–H and O–H groups in total. The van der Waals surface area contributed by atoms with E-state index in [9.17, 15) is 13.2 Å². The van der Waals surface area contributed by atoms with Crippen LogP contribution in [0.3, 0.4) is 0 Å². The lowest BCUT2D eigenvalue weighted by molar-refractivity contribution is 0.0959. The number of nitrogens with two attached hydrogens (primary N) is 1. The van der Waals surface area contributed by atoms with E-state index < -0.39 is 15.9 Å². The number of pyridine rings is 1. The highest BCUT2D eigenvalue weighted by Crippen LogP contribution is 2.05. The molecule has 1 aromatic rings. The average Bonchev–Trinajstić information content (AvgIpc) is 2.25. The molecule has 1 atom stereocenters. The first-order valence-electron chi connectivity index (χ1n) is 5.20. The number of hydrogen-bond acceptors (Lipinski definition) is 5. The van der Waals surface area contributed by atoms with Gasteiger partial charge in [0.2, 0.25) is 0 Å². The van der Waals surface area contributed by atoms with Gasteiger partial charge in [-0.1, -0.05) is 0 Å². The lowest BCUT2D eigenvalue weighted by Crippen LogP contribution is -2.32. The quantitative estimate of drug-likeness (QED) is 0.767. The van der Waals surface area contributed by atoms with Crippen LogP contribution in [0.5, 0.6) is 0 Å². The van der Waals surface area contributed by atoms with Crippen LogP contribution in [0.4, 0.5) is 0 Å². The number of aromatic nitrogens is 1. The maximum atomic E-state index is 11.8. The standard InChI is InChI=1S/C11H16N2O3S/c1-8-3-4-9(7-13-8)11(14)10(12)5-6-17(2,15)16/h3-4,7,10H,5-6,12H2,1-2H3. The summed E-state index contributed by atoms with van der Waals surface area (Å²) in [5.74, 6) is -0.361. The summed E-state index contributed by atoms with van der Waals surface area (Å²) in [7, 11) is -3.09. The molecule has 1 aromatic heterocycles. The summed E-state index contributed by atoms with van der Waals surface area (Å²) >= 11 is 0. The predicted molar refractivity (Wildman–Crippen MR) is 65.6 cm³/mol. The summed E-state index contributed by atoms with van der Waals surface area (Å²) in [6, 6.07) is 2.57. The highest BCUT2D eigenvalue weighted by Gasteiger charge is 2.17. The number of carbonyl (C=O) groups is 1. The Morgan fingerprint density at radius 1 is 1.47 bits per heavy atom. The van der Waals surface area contributed by atoms with Gasteiger partial charge in [-0.3, -0.25) is 9.78 Å². The average molecular weight is 256 g/mol. The maximum Gasteiger partial charge on any atom is 0.181 e. The zero-order valence-corrected chi connectivity index (χ0v) is 10.7. The van der Waals surface area contributed by atoms with Gasteiger partial charge in [-0.15, -0.1) is 0 Å². The van der Waals surface area contributed by atoms with E-state index in [0.717, 1.165) is 11.9 Å². The first kappa shape index (κ1) is 13.8. The molecule has 0 aliphatic heterocycles. The van der Waals surface area contributed by atoms with Gasteiger partial charge in [0.05, 0.1) is 11.8 Å². The van der Waals surface area contributed by atoms with E-state index in [-0.39, 0.29) is 18.0 Å². The Morgan fingerprint density at radius 3 is 2.59 bits per heavy atom. The van der Waals surface area contributed by atoms with E-state index >= 15 is 0 Å². The van der Waals surface area contributed by atoms with Crippen molar-refractivity contribution in [2.75, 3.05) is 12.0 Å². The molecule has 0 aromatic carbocycles. The minimum atomic E-state index is -3.09. The van der Waals surface area contributed by atoms with E-state index in [0.29, 0.717) is 5.56 Å². The monoisotopic (exact) mass is 256 g/mol. The van der Waals surface area contributed by atoms with Crippen LogP contribution < -0.4 is 5.73 Å². The van der Waals surface area contributed by atoms with Crippen molar-refractivity contribution in [3.05, 3.63) is 29.6 Å². The SMILES string of the molecule is Cc1ccc(C(=O)C(N)CCS(C)(=O)=O)cn1. The molecule has 0 bridgehead atoms. The largest absolute Gasteiger partial charge is 0.321 e. The molecule has 5 nitrogen and oxygen atoms in total. The molecule has 1 rings (SSSR count). The number of nitrogens with zero attached hydrogens (tertiary/aromatic N) is 1. The fraction of sp³-hybridized carbons (Fsp3) is 0.455. The van der Waals surface area contributed by atoms with Crippen LogP contribution in [0.25, 0.3) is 0 Å². The predicted octanol–water partition coefficient (Wildman–Crippen LogP) is 0.335. The molecule has 17 heavy (non-hydrogen) atoms. The molecular formula is C11H16N2O3S. The second-order valence-electron chi connectivity index (χ2n) is 4.08. The minimum Gasteiger partial charge on any atom is -0.321 e. The fourth-order valence-electron chi connectivity index (χ4n) is 1.30. The third-order valence-electron chi connectivity index (χ3n) is 2.33. The molecule has 0 amide bonds. The van der Waals surface area contributed by atoms with Crippen LogP contribution in [0.2, 0.25) is 0 Å². The number of ketones is 1. The van der Waals surface area contributed by atoms with Crippen molar-refractivity contribution >= 4 is 15.6 Å². The zero-order chi connectivity index (χ0) is 13.1. The van der Waals surface area contributed by atoms with E-state index in [1.165, 1.54) is 6.20 Å². The Hall–Kier alpha value is -1.27. The number of rotatable bonds is 5. The van der Waals surface area contributed by atoms with Crippen LogP contribution in [0.15, 0.2) is 18.3 Å². The fourth-order valence-corrected chi connectivity index (χ4v) is 1.98. The number of Topliss-reactive ketones (excluding diaryl/α,β-unsaturated/α-hetero) is 1. The Balaban J connectivity index is 2.67. The van der Waals surface area contributed by atoms with Crippen LogP contribution in [0.1, 0.15) is 22.5 Å². The third-order valence-corrected chi connectivity index (χ3v) is 3.31. The van der Waals surface area contributed by atoms with Crippen molar-refractivity contribution in [2.45, 2.75) is 19.4 Å². The minimum absolute atomic E-state index is 0.0841. The van der Waals surface area contributed by atoms with Crippen molar-refractivity contribution in [1.29, 1.82) is 0 Å². The molecule has 0 saturated carbocycles. The zero-order valence-electron chi connectivity index (χ0n) is 9.88. The summed E-state index contributed by atoms with van der Waals surface area (Å²) in [6.07, 6.45) is 2.71. The van der Waals surface area contributed by atoms with Gasteiger partial charge in [0.25, 0.3) is 0 Å². The molecule has 0 saturated heterocycles. The third kappa shape index (κ3) is 4.62. The molecule has 1 heterocycles. The van der Waals surface area contributed by atoms with Gasteiger partial charge in [0.1, 0.15) is 9.84 Å². The second kappa shape index (κ2) is 5.37. The highest BCUT2D eigenvalue weighted by atomic mass is 32.2. The van der Waals surface area contributed by atoms with Gasteiger partial charge in [-0.2, -0.15) is 0 Å². The molecule has 0 radical (unpaired) electrons. The first-order chi connectivity index (χ1) is 7.79. The number of carbonyl (C=O) groups excluding carboxylic acids is 1. The molecule has 94 valence electrons. The van der Waals surface area contributed by atoms with E-state index in [2.05, 4.69) is 4.98 Å². The van der Waals surface area contributed by atoms with Gasteiger partial charge in [0.15, 0.2) is 5.78 Å². The highest BCUT2D eigenvalue weighted by molar-refractivity contribution is 7.90. The lowest BCUT2D eigenvalue weighted by Gasteiger charge is -2.09. The normalized spacial score (nSPS) is 13.4. The number of sulfone groups is 1. The molecular weight excluding hydrogens is 240 g/mol. The summed E-state index contributed by atoms with van der Waals surface area (Å²) in [4.78, 5) is 15.8. The van der Waals surface area contributed by atoms with E-state index in [4.69, 9.17) is 5.73 Å². The first-order valence-corrected chi connectivity index (χ1v) is 7.26. The van der Waals surface area contributed by atoms with Gasteiger partial charge in [-0.25, -0.2) is 8.42 Å². The Labute approximate surface area is 101 Å². The molecule has 0 aliphatic carbocycles. The number of hydrogen-bond donors (Lipinski definition) is 1. The molecule has 0 spiro atoms. The summed E-state index contributed by atoms with van der Waals surface area (Å²) < 4.78 is 21.9. The lowest BCUT2D eigenvalue weighted by atomic mass is 10.0. The van der Waals surface area contributed by atoms with Gasteiger partial charge in [0, 0.05) is 23.7 Å². The molecule has 6 heteroatoms. The summed E-state index contributed by atoms with van der Waals surface area (Å²) in [6.45, 7) is 1.82. The summed E-state index contributed by atoms with van der Waals surface area (Å²) in [5.41, 5.74) is 6.88. The molecule has 0 fully saturated rings. The molecule has 0 aliphatic rings. The smallest absolute Gasteiger partial charge is 0.181 e. The Bertz CT molecular complexity index is 494. The van der Waals surface area contributed by atoms with Crippen LogP contribution in [-0.2, 0) is 9.84 Å². The van der Waals surface area contributed by atoms with Crippen LogP contribution >= 0.6 is 0 Å². The Kier molecular flexibility index (Phi) is 4.36. The second-order valence-corrected chi connectivity index (χ2v) is 6.34. The molecule has 1 unspecified atom stereocenters. The van der Waals surface area contributed by atoms with Gasteiger partial charge < -0.3 is 5.73 Å². The maximum absolute atomic E-state index is 11.8. The van der Waals surface area contributed by atoms with E-state index in [1.54, 1.807) is 12.1 Å². The van der Waals surface area contributed by atoms with Crippen LogP contribution in [0, 0.1) is 6.92 Å². The van der Waals surface area contributed by atoms with Gasteiger partial charge >= 0.3 is 0 Å². The number of aryl methyl sites for hydroxylation is 1. The van der Waals surface area contributed by atoms with E-state index in [1.807, 2.05) is 6.92 Å². The van der Waals surface area contributed by atoms with Crippen LogP contribution in [-0.4, -0.2) is 37.2 Å². The van der Waals surface area contributed by atoms with Crippen molar-refractivity contribution in [3.8, 4) is 0 Å². The van der Waals surface area contributed by atoms with Crippen molar-refractivity contribution in [1.82, 2.24) is 4.98 Å². The summed E-state index contributed by atoms with van der Waals surface area (Å²) in [5, 5.41) is 0. The van der Waals surface area contributed by atoms with Crippen molar-refractivity contribution in [2.24, 2.45) is 5.73 Å². The van der Waals surface area contributed by atoms with Crippen molar-refractivity contribution in [3.63, 3.8) is 0 Å². The topological polar surface area (TPSA) is 90.1 Å². The Morgan fingerprint density at radius 2 is 2.12 bits per heavy atom. The van der Waals surface area contributed by atoms with Gasteiger partial charge in [-0.05, 0) is 25.5 Å².